The second-order valence-corrected chi connectivity index (χ2v) is 8.37. The first-order valence-electron chi connectivity index (χ1n) is 10.5. The van der Waals surface area contributed by atoms with Crippen LogP contribution in [0.15, 0.2) is 36.7 Å². The molecule has 5 rings (SSSR count). The molecule has 8 nitrogen and oxygen atoms in total. The van der Waals surface area contributed by atoms with Gasteiger partial charge in [-0.05, 0) is 63.8 Å². The topological polar surface area (TPSA) is 94.0 Å². The molecule has 0 radical (unpaired) electrons. The van der Waals surface area contributed by atoms with Crippen molar-refractivity contribution < 1.29 is 9.53 Å². The highest BCUT2D eigenvalue weighted by Crippen LogP contribution is 2.40. The molecule has 1 saturated carbocycles. The second kappa shape index (κ2) is 7.68. The number of carbonyl (C=O) groups is 1. The summed E-state index contributed by atoms with van der Waals surface area (Å²) in [6.07, 6.45) is 5.04. The number of likely N-dealkylation sites (tertiary alicyclic amines) is 1. The van der Waals surface area contributed by atoms with Gasteiger partial charge in [-0.15, -0.1) is 0 Å². The number of hydrogen-bond acceptors (Lipinski definition) is 7. The fourth-order valence-electron chi connectivity index (χ4n) is 4.68. The molecule has 3 aromatic heterocycles. The predicted molar refractivity (Wildman–Crippen MR) is 113 cm³/mol. The Bertz CT molecular complexity index is 1120. The van der Waals surface area contributed by atoms with Gasteiger partial charge >= 0.3 is 6.01 Å². The lowest BCUT2D eigenvalue weighted by Crippen LogP contribution is -2.47. The number of rotatable bonds is 4. The van der Waals surface area contributed by atoms with Crippen LogP contribution in [0.25, 0.3) is 11.5 Å². The lowest BCUT2D eigenvalue weighted by Gasteiger charge is -2.33. The van der Waals surface area contributed by atoms with E-state index < -0.39 is 0 Å². The van der Waals surface area contributed by atoms with Gasteiger partial charge in [0.25, 0.3) is 5.91 Å². The maximum atomic E-state index is 13.6. The molecule has 1 saturated heterocycles. The third-order valence-electron chi connectivity index (χ3n) is 5.95. The van der Waals surface area contributed by atoms with Crippen molar-refractivity contribution in [3.63, 3.8) is 0 Å². The molecule has 0 aromatic carbocycles. The fourth-order valence-corrected chi connectivity index (χ4v) is 4.68. The molecule has 0 spiro atoms. The zero-order valence-corrected chi connectivity index (χ0v) is 17.8. The monoisotopic (exact) mass is 416 g/mol. The summed E-state index contributed by atoms with van der Waals surface area (Å²) < 4.78 is 6.16. The first-order valence-corrected chi connectivity index (χ1v) is 10.5. The first-order chi connectivity index (χ1) is 15.0. The van der Waals surface area contributed by atoms with Crippen molar-refractivity contribution in [3.05, 3.63) is 59.3 Å². The molecule has 8 heteroatoms. The Balaban J connectivity index is 1.42. The number of carbonyl (C=O) groups excluding carboxylic acids is 1. The van der Waals surface area contributed by atoms with E-state index in [1.807, 2.05) is 43.9 Å². The number of piperidine rings is 1. The number of amides is 1. The van der Waals surface area contributed by atoms with Crippen LogP contribution in [0.3, 0.4) is 0 Å². The fraction of sp³-hybridized carbons (Fsp3) is 0.391. The van der Waals surface area contributed by atoms with Crippen LogP contribution in [0.4, 0.5) is 0 Å². The highest BCUT2D eigenvalue weighted by molar-refractivity contribution is 5.99. The molecule has 3 atom stereocenters. The lowest BCUT2D eigenvalue weighted by molar-refractivity contribution is 0.0452. The molecule has 2 aliphatic rings. The van der Waals surface area contributed by atoms with E-state index in [1.165, 1.54) is 0 Å². The van der Waals surface area contributed by atoms with E-state index in [4.69, 9.17) is 4.74 Å². The standard InChI is InChI=1S/C23H24N6O2/c1-13-5-6-17(20(26-13)21-24-7-4-8-25-21)22(30)29-12-16-10-18(29)19(11-16)31-23-27-14(2)9-15(3)28-23/h4-9,16,18-19H,10-12H2,1-3H3/t16-,18+,19-/m1/s1. The quantitative estimate of drug-likeness (QED) is 0.645. The van der Waals surface area contributed by atoms with Crippen molar-refractivity contribution in [1.29, 1.82) is 0 Å². The molecule has 1 aliphatic heterocycles. The van der Waals surface area contributed by atoms with Crippen LogP contribution in [0.5, 0.6) is 6.01 Å². The molecule has 1 aliphatic carbocycles. The van der Waals surface area contributed by atoms with Crippen LogP contribution in [0, 0.1) is 26.7 Å². The summed E-state index contributed by atoms with van der Waals surface area (Å²) in [4.78, 5) is 37.5. The van der Waals surface area contributed by atoms with E-state index in [0.717, 1.165) is 36.5 Å². The molecular weight excluding hydrogens is 392 g/mol. The maximum Gasteiger partial charge on any atom is 0.317 e. The Labute approximate surface area is 180 Å². The number of hydrogen-bond donors (Lipinski definition) is 0. The molecule has 31 heavy (non-hydrogen) atoms. The Hall–Kier alpha value is -3.42. The van der Waals surface area contributed by atoms with Gasteiger partial charge in [0.2, 0.25) is 0 Å². The van der Waals surface area contributed by atoms with E-state index in [-0.39, 0.29) is 18.1 Å². The van der Waals surface area contributed by atoms with Crippen molar-refractivity contribution in [3.8, 4) is 17.5 Å². The molecule has 1 amide bonds. The molecule has 0 unspecified atom stereocenters. The number of aromatic nitrogens is 5. The maximum absolute atomic E-state index is 13.6. The van der Waals surface area contributed by atoms with E-state index in [2.05, 4.69) is 24.9 Å². The lowest BCUT2D eigenvalue weighted by atomic mass is 10.1. The minimum atomic E-state index is -0.112. The van der Waals surface area contributed by atoms with E-state index in [0.29, 0.717) is 29.0 Å². The van der Waals surface area contributed by atoms with Crippen LogP contribution in [-0.2, 0) is 0 Å². The number of pyridine rings is 1. The largest absolute Gasteiger partial charge is 0.458 e. The number of aryl methyl sites for hydroxylation is 3. The molecule has 0 N–H and O–H groups in total. The summed E-state index contributed by atoms with van der Waals surface area (Å²) in [5.41, 5.74) is 3.60. The smallest absolute Gasteiger partial charge is 0.317 e. The van der Waals surface area contributed by atoms with Crippen LogP contribution in [0.2, 0.25) is 0 Å². The van der Waals surface area contributed by atoms with Crippen molar-refractivity contribution in [2.45, 2.75) is 45.8 Å². The molecular formula is C23H24N6O2. The third-order valence-corrected chi connectivity index (χ3v) is 5.95. The number of ether oxygens (including phenoxy) is 1. The molecule has 2 bridgehead atoms. The predicted octanol–water partition coefficient (Wildman–Crippen LogP) is 2.94. The molecule has 158 valence electrons. The zero-order chi connectivity index (χ0) is 21.5. The van der Waals surface area contributed by atoms with Crippen molar-refractivity contribution in [2.75, 3.05) is 6.54 Å². The van der Waals surface area contributed by atoms with Crippen molar-refractivity contribution in [2.24, 2.45) is 5.92 Å². The summed E-state index contributed by atoms with van der Waals surface area (Å²) in [7, 11) is 0. The van der Waals surface area contributed by atoms with Crippen molar-refractivity contribution >= 4 is 5.91 Å². The van der Waals surface area contributed by atoms with Gasteiger partial charge in [0.1, 0.15) is 11.8 Å². The van der Waals surface area contributed by atoms with Gasteiger partial charge in [-0.1, -0.05) is 0 Å². The minimum absolute atomic E-state index is 0.00670. The highest BCUT2D eigenvalue weighted by Gasteiger charge is 2.49. The number of nitrogens with zero attached hydrogens (tertiary/aromatic N) is 6. The van der Waals surface area contributed by atoms with Crippen LogP contribution in [-0.4, -0.2) is 54.4 Å². The van der Waals surface area contributed by atoms with Gasteiger partial charge in [-0.3, -0.25) is 4.79 Å². The number of fused-ring (bicyclic) bond motifs is 2. The minimum Gasteiger partial charge on any atom is -0.458 e. The van der Waals surface area contributed by atoms with Gasteiger partial charge in [-0.2, -0.15) is 0 Å². The SMILES string of the molecule is Cc1cc(C)nc(O[C@@H]2C[C@H]3C[C@@H]2N(C(=O)c2ccc(C)nc2-c2ncccn2)C3)n1. The van der Waals surface area contributed by atoms with Gasteiger partial charge in [-0.25, -0.2) is 24.9 Å². The van der Waals surface area contributed by atoms with Crippen LogP contribution < -0.4 is 4.74 Å². The summed E-state index contributed by atoms with van der Waals surface area (Å²) in [5.74, 6) is 0.812. The Morgan fingerprint density at radius 3 is 2.45 bits per heavy atom. The molecule has 2 fully saturated rings. The first kappa shape index (κ1) is 19.5. The normalized spacial score (nSPS) is 22.0. The summed E-state index contributed by atoms with van der Waals surface area (Å²) in [6.45, 7) is 6.47. The Morgan fingerprint density at radius 1 is 1.00 bits per heavy atom. The van der Waals surface area contributed by atoms with Crippen LogP contribution >= 0.6 is 0 Å². The zero-order valence-electron chi connectivity index (χ0n) is 17.8. The van der Waals surface area contributed by atoms with E-state index in [9.17, 15) is 4.79 Å². The summed E-state index contributed by atoms with van der Waals surface area (Å²) in [5, 5.41) is 0. The highest BCUT2D eigenvalue weighted by atomic mass is 16.5. The van der Waals surface area contributed by atoms with Gasteiger partial charge in [0, 0.05) is 36.0 Å². The van der Waals surface area contributed by atoms with Crippen LogP contribution in [0.1, 0.15) is 40.3 Å². The van der Waals surface area contributed by atoms with Gasteiger partial charge in [0.05, 0.1) is 11.6 Å². The third kappa shape index (κ3) is 3.73. The summed E-state index contributed by atoms with van der Waals surface area (Å²) >= 11 is 0. The van der Waals surface area contributed by atoms with Crippen molar-refractivity contribution in [1.82, 2.24) is 29.8 Å². The Kier molecular flexibility index (Phi) is 4.84. The van der Waals surface area contributed by atoms with E-state index >= 15 is 0 Å². The average Bonchev–Trinajstić information content (AvgIpc) is 3.34. The Morgan fingerprint density at radius 2 is 1.74 bits per heavy atom. The molecule has 4 heterocycles. The summed E-state index contributed by atoms with van der Waals surface area (Å²) in [6, 6.07) is 7.72. The second-order valence-electron chi connectivity index (χ2n) is 8.37. The van der Waals surface area contributed by atoms with E-state index in [1.54, 1.807) is 18.5 Å². The average molecular weight is 416 g/mol. The van der Waals surface area contributed by atoms with Gasteiger partial charge < -0.3 is 9.64 Å². The van der Waals surface area contributed by atoms with Gasteiger partial charge in [0.15, 0.2) is 5.82 Å². The molecule has 3 aromatic rings.